The molecule has 1 aromatic rings. The Bertz CT molecular complexity index is 606. The lowest BCUT2D eigenvalue weighted by atomic mass is 9.99. The standard InChI is InChI=1S/C11H11F3O3S/c1-11(2,18(3,16)17)10(15)6-4-5-7(12)9(14)8(6)13/h4-5H,1-3H3. The zero-order valence-corrected chi connectivity index (χ0v) is 10.7. The molecule has 0 amide bonds. The number of carbonyl (C=O) groups is 1. The number of carbonyl (C=O) groups excluding carboxylic acids is 1. The van der Waals surface area contributed by atoms with Gasteiger partial charge in [-0.3, -0.25) is 4.79 Å². The van der Waals surface area contributed by atoms with E-state index < -0.39 is 43.4 Å². The molecule has 0 aromatic heterocycles. The first-order chi connectivity index (χ1) is 8.00. The normalized spacial score (nSPS) is 12.6. The van der Waals surface area contributed by atoms with Crippen molar-refractivity contribution < 1.29 is 26.4 Å². The molecule has 3 nitrogen and oxygen atoms in total. The first-order valence-electron chi connectivity index (χ1n) is 4.88. The van der Waals surface area contributed by atoms with Crippen molar-refractivity contribution in [3.8, 4) is 0 Å². The van der Waals surface area contributed by atoms with Crippen molar-refractivity contribution in [2.24, 2.45) is 0 Å². The van der Waals surface area contributed by atoms with E-state index in [1.54, 1.807) is 0 Å². The predicted molar refractivity (Wildman–Crippen MR) is 59.6 cm³/mol. The van der Waals surface area contributed by atoms with Crippen LogP contribution in [0.5, 0.6) is 0 Å². The fourth-order valence-corrected chi connectivity index (χ4v) is 1.64. The van der Waals surface area contributed by atoms with Crippen LogP contribution in [0.4, 0.5) is 13.2 Å². The van der Waals surface area contributed by atoms with Gasteiger partial charge in [0.2, 0.25) is 0 Å². The Balaban J connectivity index is 3.43. The molecule has 0 saturated carbocycles. The number of sulfone groups is 1. The van der Waals surface area contributed by atoms with Crippen molar-refractivity contribution in [3.05, 3.63) is 35.1 Å². The molecule has 0 N–H and O–H groups in total. The summed E-state index contributed by atoms with van der Waals surface area (Å²) in [5, 5.41) is 0. The Morgan fingerprint density at radius 2 is 1.61 bits per heavy atom. The van der Waals surface area contributed by atoms with Crippen LogP contribution >= 0.6 is 0 Å². The first-order valence-corrected chi connectivity index (χ1v) is 6.77. The van der Waals surface area contributed by atoms with Crippen molar-refractivity contribution in [1.29, 1.82) is 0 Å². The van der Waals surface area contributed by atoms with Gasteiger partial charge in [-0.05, 0) is 26.0 Å². The van der Waals surface area contributed by atoms with E-state index in [9.17, 15) is 26.4 Å². The van der Waals surface area contributed by atoms with Gasteiger partial charge >= 0.3 is 0 Å². The number of hydrogen-bond donors (Lipinski definition) is 0. The third-order valence-corrected chi connectivity index (χ3v) is 4.79. The average Bonchev–Trinajstić information content (AvgIpc) is 2.24. The average molecular weight is 280 g/mol. The fourth-order valence-electron chi connectivity index (χ4n) is 1.19. The predicted octanol–water partition coefficient (Wildman–Crippen LogP) is 2.11. The van der Waals surface area contributed by atoms with Crippen LogP contribution < -0.4 is 0 Å². The van der Waals surface area contributed by atoms with E-state index in [1.807, 2.05) is 0 Å². The Kier molecular flexibility index (Phi) is 3.58. The molecule has 1 rings (SSSR count). The minimum atomic E-state index is -3.82. The highest BCUT2D eigenvalue weighted by Crippen LogP contribution is 2.25. The molecule has 7 heteroatoms. The molecule has 18 heavy (non-hydrogen) atoms. The second-order valence-electron chi connectivity index (χ2n) is 4.33. The maximum absolute atomic E-state index is 13.4. The minimum Gasteiger partial charge on any atom is -0.292 e. The lowest BCUT2D eigenvalue weighted by Crippen LogP contribution is -2.40. The van der Waals surface area contributed by atoms with Gasteiger partial charge in [0.05, 0.1) is 5.56 Å². The SMILES string of the molecule is CC(C)(C(=O)c1ccc(F)c(F)c1F)S(C)(=O)=O. The van der Waals surface area contributed by atoms with E-state index in [0.717, 1.165) is 26.2 Å². The van der Waals surface area contributed by atoms with Crippen LogP contribution in [-0.4, -0.2) is 25.2 Å². The minimum absolute atomic E-state index is 0.573. The molecule has 0 aliphatic rings. The molecule has 0 aliphatic heterocycles. The van der Waals surface area contributed by atoms with Crippen molar-refractivity contribution >= 4 is 15.6 Å². The lowest BCUT2D eigenvalue weighted by molar-refractivity contribution is 0.0949. The van der Waals surface area contributed by atoms with E-state index in [0.29, 0.717) is 6.07 Å². The van der Waals surface area contributed by atoms with Crippen molar-refractivity contribution in [2.45, 2.75) is 18.6 Å². The Morgan fingerprint density at radius 3 is 2.06 bits per heavy atom. The van der Waals surface area contributed by atoms with Crippen LogP contribution in [0.25, 0.3) is 0 Å². The summed E-state index contributed by atoms with van der Waals surface area (Å²) in [6.07, 6.45) is 0.808. The third-order valence-electron chi connectivity index (χ3n) is 2.75. The quantitative estimate of drug-likeness (QED) is 0.629. The molecule has 0 fully saturated rings. The number of hydrogen-bond acceptors (Lipinski definition) is 3. The zero-order chi connectivity index (χ0) is 14.3. The summed E-state index contributed by atoms with van der Waals surface area (Å²) in [6, 6.07) is 1.30. The summed E-state index contributed by atoms with van der Waals surface area (Å²) in [7, 11) is -3.82. The first kappa shape index (κ1) is 14.7. The molecule has 0 bridgehead atoms. The van der Waals surface area contributed by atoms with E-state index in [4.69, 9.17) is 0 Å². The molecule has 0 spiro atoms. The summed E-state index contributed by atoms with van der Waals surface area (Å²) >= 11 is 0. The molecule has 1 aromatic carbocycles. The number of benzene rings is 1. The van der Waals surface area contributed by atoms with Gasteiger partial charge in [-0.15, -0.1) is 0 Å². The summed E-state index contributed by atoms with van der Waals surface area (Å²) in [5.74, 6) is -6.05. The van der Waals surface area contributed by atoms with Crippen molar-refractivity contribution in [1.82, 2.24) is 0 Å². The summed E-state index contributed by atoms with van der Waals surface area (Å²) < 4.78 is 60.0. The van der Waals surface area contributed by atoms with Crippen LogP contribution in [0.2, 0.25) is 0 Å². The Labute approximate surface area is 103 Å². The molecular weight excluding hydrogens is 269 g/mol. The van der Waals surface area contributed by atoms with Crippen LogP contribution in [0, 0.1) is 17.5 Å². The maximum atomic E-state index is 13.4. The van der Waals surface area contributed by atoms with Crippen LogP contribution in [0.1, 0.15) is 24.2 Å². The molecule has 0 aliphatic carbocycles. The second-order valence-corrected chi connectivity index (χ2v) is 6.90. The largest absolute Gasteiger partial charge is 0.292 e. The van der Waals surface area contributed by atoms with Crippen LogP contribution in [0.3, 0.4) is 0 Å². The summed E-state index contributed by atoms with van der Waals surface area (Å²) in [5.41, 5.74) is -0.788. The van der Waals surface area contributed by atoms with E-state index >= 15 is 0 Å². The van der Waals surface area contributed by atoms with Crippen LogP contribution in [0.15, 0.2) is 12.1 Å². The summed E-state index contributed by atoms with van der Waals surface area (Å²) in [6.45, 7) is 2.15. The van der Waals surface area contributed by atoms with Gasteiger partial charge in [0.25, 0.3) is 0 Å². The van der Waals surface area contributed by atoms with E-state index in [2.05, 4.69) is 0 Å². The topological polar surface area (TPSA) is 51.2 Å². The molecular formula is C11H11F3O3S. The number of rotatable bonds is 3. The zero-order valence-electron chi connectivity index (χ0n) is 9.92. The highest BCUT2D eigenvalue weighted by atomic mass is 32.2. The number of halogens is 3. The van der Waals surface area contributed by atoms with Gasteiger partial charge in [0, 0.05) is 6.26 Å². The van der Waals surface area contributed by atoms with Gasteiger partial charge in [0.15, 0.2) is 33.1 Å². The van der Waals surface area contributed by atoms with Crippen LogP contribution in [-0.2, 0) is 9.84 Å². The third kappa shape index (κ3) is 2.27. The highest BCUT2D eigenvalue weighted by molar-refractivity contribution is 7.92. The molecule has 0 unspecified atom stereocenters. The van der Waals surface area contributed by atoms with E-state index in [-0.39, 0.29) is 0 Å². The molecule has 100 valence electrons. The highest BCUT2D eigenvalue weighted by Gasteiger charge is 2.40. The van der Waals surface area contributed by atoms with Gasteiger partial charge in [-0.1, -0.05) is 0 Å². The Morgan fingerprint density at radius 1 is 1.11 bits per heavy atom. The summed E-state index contributed by atoms with van der Waals surface area (Å²) in [4.78, 5) is 11.9. The molecule has 0 radical (unpaired) electrons. The smallest absolute Gasteiger partial charge is 0.195 e. The van der Waals surface area contributed by atoms with Crippen molar-refractivity contribution in [2.75, 3.05) is 6.26 Å². The lowest BCUT2D eigenvalue weighted by Gasteiger charge is -2.21. The van der Waals surface area contributed by atoms with E-state index in [1.165, 1.54) is 0 Å². The molecule has 0 saturated heterocycles. The van der Waals surface area contributed by atoms with Gasteiger partial charge in [-0.25, -0.2) is 21.6 Å². The second kappa shape index (κ2) is 4.38. The Hall–Kier alpha value is -1.37. The molecule has 0 heterocycles. The maximum Gasteiger partial charge on any atom is 0.195 e. The van der Waals surface area contributed by atoms with Gasteiger partial charge in [0.1, 0.15) is 4.75 Å². The number of ketones is 1. The fraction of sp³-hybridized carbons (Fsp3) is 0.364. The monoisotopic (exact) mass is 280 g/mol. The van der Waals surface area contributed by atoms with Gasteiger partial charge in [-0.2, -0.15) is 0 Å². The van der Waals surface area contributed by atoms with Gasteiger partial charge < -0.3 is 0 Å². The molecule has 0 atom stereocenters. The van der Waals surface area contributed by atoms with Crippen molar-refractivity contribution in [3.63, 3.8) is 0 Å². The number of Topliss-reactive ketones (excluding diaryl/α,β-unsaturated/α-hetero) is 1.